The van der Waals surface area contributed by atoms with Gasteiger partial charge in [0.1, 0.15) is 5.75 Å². The zero-order valence-corrected chi connectivity index (χ0v) is 15.3. The first kappa shape index (κ1) is 18.1. The molecule has 1 aliphatic rings. The SMILES string of the molecule is CCCC/C(=C\Oc1cccc(C)c1)B1OC(C)(C)C(C)(C)O1. The number of unbranched alkanes of at least 4 members (excludes halogenated alkanes) is 1. The van der Waals surface area contributed by atoms with Crippen LogP contribution in [0.1, 0.15) is 59.4 Å². The molecule has 1 aromatic carbocycles. The van der Waals surface area contributed by atoms with E-state index in [9.17, 15) is 0 Å². The standard InChI is InChI=1S/C19H29BO3/c1-7-8-11-16(14-21-17-12-9-10-15(2)13-17)20-22-18(3,4)19(5,6)23-20/h9-10,12-14H,7-8,11H2,1-6H3/b16-14+. The van der Waals surface area contributed by atoms with Crippen molar-refractivity contribution in [2.45, 2.75) is 72.0 Å². The summed E-state index contributed by atoms with van der Waals surface area (Å²) in [5.41, 5.74) is 1.59. The number of hydrogen-bond donors (Lipinski definition) is 0. The van der Waals surface area contributed by atoms with Gasteiger partial charge in [-0.05, 0) is 64.2 Å². The first-order chi connectivity index (χ1) is 10.7. The molecule has 1 fully saturated rings. The van der Waals surface area contributed by atoms with Crippen molar-refractivity contribution in [2.24, 2.45) is 0 Å². The van der Waals surface area contributed by atoms with Crippen LogP contribution in [0.25, 0.3) is 0 Å². The van der Waals surface area contributed by atoms with E-state index in [1.165, 1.54) is 5.56 Å². The Morgan fingerprint density at radius 3 is 2.39 bits per heavy atom. The minimum atomic E-state index is -0.337. The minimum absolute atomic E-state index is 0.327. The molecular weight excluding hydrogens is 287 g/mol. The Morgan fingerprint density at radius 2 is 1.83 bits per heavy atom. The van der Waals surface area contributed by atoms with Crippen LogP contribution in [0.2, 0.25) is 0 Å². The summed E-state index contributed by atoms with van der Waals surface area (Å²) in [4.78, 5) is 0. The molecule has 1 aromatic rings. The van der Waals surface area contributed by atoms with Crippen LogP contribution < -0.4 is 4.74 Å². The van der Waals surface area contributed by atoms with Crippen LogP contribution in [-0.4, -0.2) is 18.3 Å². The van der Waals surface area contributed by atoms with E-state index in [1.807, 2.05) is 24.5 Å². The fraction of sp³-hybridized carbons (Fsp3) is 0.579. The zero-order chi connectivity index (χ0) is 17.1. The average Bonchev–Trinajstić information content (AvgIpc) is 2.67. The molecule has 0 aromatic heterocycles. The molecule has 0 amide bonds. The summed E-state index contributed by atoms with van der Waals surface area (Å²) in [6, 6.07) is 8.05. The maximum atomic E-state index is 6.16. The van der Waals surface area contributed by atoms with E-state index in [0.29, 0.717) is 0 Å². The summed E-state index contributed by atoms with van der Waals surface area (Å²) >= 11 is 0. The topological polar surface area (TPSA) is 27.7 Å². The lowest BCUT2D eigenvalue weighted by Crippen LogP contribution is -2.41. The molecule has 0 bridgehead atoms. The largest absolute Gasteiger partial charge is 0.493 e. The second-order valence-corrected chi connectivity index (χ2v) is 7.32. The smallest absolute Gasteiger partial charge is 0.466 e. The summed E-state index contributed by atoms with van der Waals surface area (Å²) in [5, 5.41) is 0. The van der Waals surface area contributed by atoms with E-state index in [2.05, 4.69) is 47.6 Å². The highest BCUT2D eigenvalue weighted by Crippen LogP contribution is 2.39. The van der Waals surface area contributed by atoms with Gasteiger partial charge in [-0.1, -0.05) is 31.9 Å². The Hall–Kier alpha value is -1.26. The summed E-state index contributed by atoms with van der Waals surface area (Å²) < 4.78 is 18.2. The van der Waals surface area contributed by atoms with Crippen molar-refractivity contribution in [1.82, 2.24) is 0 Å². The number of aryl methyl sites for hydroxylation is 1. The van der Waals surface area contributed by atoms with Crippen LogP contribution in [0.15, 0.2) is 36.0 Å². The third-order valence-electron chi connectivity index (χ3n) is 4.71. The summed E-state index contributed by atoms with van der Waals surface area (Å²) in [5.74, 6) is 0.843. The molecule has 126 valence electrons. The van der Waals surface area contributed by atoms with Gasteiger partial charge in [0.25, 0.3) is 0 Å². The molecule has 0 N–H and O–H groups in total. The first-order valence-corrected chi connectivity index (χ1v) is 8.53. The second-order valence-electron chi connectivity index (χ2n) is 7.32. The quantitative estimate of drug-likeness (QED) is 0.541. The second kappa shape index (κ2) is 7.10. The molecule has 23 heavy (non-hydrogen) atoms. The molecule has 0 saturated carbocycles. The van der Waals surface area contributed by atoms with Gasteiger partial charge in [-0.3, -0.25) is 0 Å². The average molecular weight is 316 g/mol. The highest BCUT2D eigenvalue weighted by molar-refractivity contribution is 6.54. The van der Waals surface area contributed by atoms with Crippen molar-refractivity contribution < 1.29 is 14.0 Å². The fourth-order valence-electron chi connectivity index (χ4n) is 2.44. The number of benzene rings is 1. The third kappa shape index (κ3) is 4.39. The first-order valence-electron chi connectivity index (χ1n) is 8.53. The van der Waals surface area contributed by atoms with E-state index in [0.717, 1.165) is 30.5 Å². The molecule has 3 nitrogen and oxygen atoms in total. The Kier molecular flexibility index (Phi) is 5.59. The predicted octanol–water partition coefficient (Wildman–Crippen LogP) is 5.08. The summed E-state index contributed by atoms with van der Waals surface area (Å²) in [7, 11) is -0.337. The van der Waals surface area contributed by atoms with Crippen LogP contribution in [-0.2, 0) is 9.31 Å². The molecule has 1 heterocycles. The molecule has 1 saturated heterocycles. The van der Waals surface area contributed by atoms with E-state index in [1.54, 1.807) is 0 Å². The van der Waals surface area contributed by atoms with E-state index < -0.39 is 0 Å². The molecule has 0 aliphatic carbocycles. The van der Waals surface area contributed by atoms with Crippen LogP contribution in [0, 0.1) is 6.92 Å². The molecule has 0 radical (unpaired) electrons. The molecule has 0 spiro atoms. The fourth-order valence-corrected chi connectivity index (χ4v) is 2.44. The van der Waals surface area contributed by atoms with Crippen molar-refractivity contribution in [3.63, 3.8) is 0 Å². The van der Waals surface area contributed by atoms with Crippen LogP contribution in [0.4, 0.5) is 0 Å². The molecule has 1 aliphatic heterocycles. The summed E-state index contributed by atoms with van der Waals surface area (Å²) in [6.07, 6.45) is 4.94. The van der Waals surface area contributed by atoms with Crippen LogP contribution >= 0.6 is 0 Å². The molecule has 0 unspecified atom stereocenters. The number of ether oxygens (including phenoxy) is 1. The highest BCUT2D eigenvalue weighted by Gasteiger charge is 2.52. The Bertz CT molecular complexity index is 547. The van der Waals surface area contributed by atoms with Gasteiger partial charge in [0.15, 0.2) is 0 Å². The normalized spacial score (nSPS) is 19.9. The van der Waals surface area contributed by atoms with Gasteiger partial charge in [0.2, 0.25) is 0 Å². The molecule has 4 heteroatoms. The van der Waals surface area contributed by atoms with Crippen molar-refractivity contribution >= 4 is 7.12 Å². The van der Waals surface area contributed by atoms with Crippen molar-refractivity contribution in [3.05, 3.63) is 41.6 Å². The van der Waals surface area contributed by atoms with Gasteiger partial charge in [-0.25, -0.2) is 0 Å². The van der Waals surface area contributed by atoms with Gasteiger partial charge in [-0.15, -0.1) is 0 Å². The van der Waals surface area contributed by atoms with E-state index in [-0.39, 0.29) is 18.3 Å². The monoisotopic (exact) mass is 316 g/mol. The molecule has 2 rings (SSSR count). The molecule has 0 atom stereocenters. The Labute approximate surface area is 141 Å². The predicted molar refractivity (Wildman–Crippen MR) is 95.5 cm³/mol. The van der Waals surface area contributed by atoms with E-state index in [4.69, 9.17) is 14.0 Å². The lowest BCUT2D eigenvalue weighted by Gasteiger charge is -2.32. The van der Waals surface area contributed by atoms with Gasteiger partial charge in [-0.2, -0.15) is 0 Å². The highest BCUT2D eigenvalue weighted by atomic mass is 16.7. The van der Waals surface area contributed by atoms with Crippen molar-refractivity contribution in [2.75, 3.05) is 0 Å². The molecular formula is C19H29BO3. The number of allylic oxidation sites excluding steroid dienone is 1. The van der Waals surface area contributed by atoms with E-state index >= 15 is 0 Å². The van der Waals surface area contributed by atoms with Gasteiger partial charge in [0.05, 0.1) is 17.5 Å². The number of hydrogen-bond acceptors (Lipinski definition) is 3. The van der Waals surface area contributed by atoms with Crippen molar-refractivity contribution in [1.29, 1.82) is 0 Å². The Morgan fingerprint density at radius 1 is 1.17 bits per heavy atom. The van der Waals surface area contributed by atoms with Crippen molar-refractivity contribution in [3.8, 4) is 5.75 Å². The van der Waals surface area contributed by atoms with Crippen LogP contribution in [0.3, 0.4) is 0 Å². The third-order valence-corrected chi connectivity index (χ3v) is 4.71. The minimum Gasteiger partial charge on any atom is -0.466 e. The lowest BCUT2D eigenvalue weighted by molar-refractivity contribution is 0.00578. The maximum Gasteiger partial charge on any atom is 0.493 e. The maximum absolute atomic E-state index is 6.16. The van der Waals surface area contributed by atoms with Gasteiger partial charge < -0.3 is 14.0 Å². The van der Waals surface area contributed by atoms with Gasteiger partial charge >= 0.3 is 7.12 Å². The zero-order valence-electron chi connectivity index (χ0n) is 15.3. The lowest BCUT2D eigenvalue weighted by atomic mass is 9.76. The Balaban J connectivity index is 2.15. The summed E-state index contributed by atoms with van der Waals surface area (Å²) in [6.45, 7) is 12.5. The van der Waals surface area contributed by atoms with Crippen LogP contribution in [0.5, 0.6) is 5.75 Å². The van der Waals surface area contributed by atoms with Gasteiger partial charge in [0, 0.05) is 0 Å². The number of rotatable bonds is 6.